The molecule has 0 fully saturated rings. The first kappa shape index (κ1) is 33.7. The van der Waals surface area contributed by atoms with Gasteiger partial charge in [0.25, 0.3) is 5.91 Å². The summed E-state index contributed by atoms with van der Waals surface area (Å²) in [4.78, 5) is 38.8. The van der Waals surface area contributed by atoms with Crippen LogP contribution in [0.2, 0.25) is 5.02 Å². The third-order valence-corrected chi connectivity index (χ3v) is 4.81. The Hall–Kier alpha value is -2.36. The summed E-state index contributed by atoms with van der Waals surface area (Å²) in [6, 6.07) is 7.00. The van der Waals surface area contributed by atoms with Crippen molar-refractivity contribution in [2.24, 2.45) is 0 Å². The van der Waals surface area contributed by atoms with E-state index in [1.807, 2.05) is 13.8 Å². The number of alkyl halides is 3. The monoisotopic (exact) mass is 583 g/mol. The maximum absolute atomic E-state index is 13.5. The van der Waals surface area contributed by atoms with Crippen molar-refractivity contribution in [1.82, 2.24) is 14.9 Å². The molecule has 15 heteroatoms. The van der Waals surface area contributed by atoms with E-state index in [0.717, 1.165) is 4.57 Å². The number of aromatic nitrogens is 2. The maximum atomic E-state index is 13.5. The minimum absolute atomic E-state index is 0. The fourth-order valence-electron chi connectivity index (χ4n) is 2.98. The normalized spacial score (nSPS) is 11.8. The summed E-state index contributed by atoms with van der Waals surface area (Å²) in [5.74, 6) is -4.89. The molecule has 198 valence electrons. The first-order valence-electron chi connectivity index (χ1n) is 10.6. The van der Waals surface area contributed by atoms with Crippen molar-refractivity contribution in [3.63, 3.8) is 0 Å². The minimum atomic E-state index is -4.85. The standard InChI is InChI=1S/C15H11F4N5O3.C6H4ClF.C2H6.K/c16-8-2-6(1-7(3-8)15(17,18)19)14(27)23-12-9-4-21-10(25)5-24(9)13(22-12)11(20)26;7-5-1-3-6(8)4-2-5;1-2;/h1-3H,4-5H2,(H4,20,21,23,25,26,27);1-4H;1-2H3;/q;;;+1/p-1. The number of hydrogen-bond donors (Lipinski definition) is 2. The predicted octanol–water partition coefficient (Wildman–Crippen LogP) is 2.62. The van der Waals surface area contributed by atoms with Crippen LogP contribution in [-0.4, -0.2) is 27.3 Å². The SMILES string of the molecule is CC.Fc1ccc(Cl)cc1.[K+].[NH-]C(=O)c1nc(NC(=O)c2cc(F)cc(C(F)(F)F)c2)c2n1CC(=O)NC2. The van der Waals surface area contributed by atoms with Gasteiger partial charge in [-0.05, 0) is 42.5 Å². The number of fused-ring (bicyclic) bond motifs is 1. The molecular formula is C23H20ClF5KN5O3. The summed E-state index contributed by atoms with van der Waals surface area (Å²) >= 11 is 5.44. The van der Waals surface area contributed by atoms with Crippen LogP contribution in [0.25, 0.3) is 5.73 Å². The fourth-order valence-corrected chi connectivity index (χ4v) is 3.11. The summed E-state index contributed by atoms with van der Waals surface area (Å²) in [7, 11) is 0. The van der Waals surface area contributed by atoms with E-state index in [0.29, 0.717) is 17.2 Å². The Morgan fingerprint density at radius 1 is 1.08 bits per heavy atom. The Kier molecular flexibility index (Phi) is 13.0. The molecule has 2 aromatic carbocycles. The zero-order valence-corrected chi connectivity index (χ0v) is 24.2. The molecular weight excluding hydrogens is 564 g/mol. The van der Waals surface area contributed by atoms with Crippen LogP contribution < -0.4 is 62.0 Å². The molecule has 38 heavy (non-hydrogen) atoms. The molecule has 0 spiro atoms. The van der Waals surface area contributed by atoms with Gasteiger partial charge in [0.05, 0.1) is 17.8 Å². The zero-order valence-electron chi connectivity index (χ0n) is 20.3. The van der Waals surface area contributed by atoms with E-state index < -0.39 is 46.7 Å². The van der Waals surface area contributed by atoms with E-state index >= 15 is 0 Å². The van der Waals surface area contributed by atoms with Gasteiger partial charge < -0.3 is 25.7 Å². The van der Waals surface area contributed by atoms with Crippen LogP contribution >= 0.6 is 11.6 Å². The van der Waals surface area contributed by atoms with E-state index in [1.54, 1.807) is 0 Å². The number of benzene rings is 2. The average molecular weight is 584 g/mol. The van der Waals surface area contributed by atoms with Crippen molar-refractivity contribution in [1.29, 1.82) is 0 Å². The van der Waals surface area contributed by atoms with Crippen molar-refractivity contribution < 1.29 is 87.7 Å². The molecule has 2 heterocycles. The third-order valence-electron chi connectivity index (χ3n) is 4.55. The van der Waals surface area contributed by atoms with Gasteiger partial charge in [-0.15, -0.1) is 0 Å². The predicted molar refractivity (Wildman–Crippen MR) is 125 cm³/mol. The van der Waals surface area contributed by atoms with Gasteiger partial charge in [-0.25, -0.2) is 13.8 Å². The number of amides is 3. The zero-order chi connectivity index (χ0) is 27.9. The molecule has 0 bridgehead atoms. The van der Waals surface area contributed by atoms with Crippen LogP contribution in [0.3, 0.4) is 0 Å². The Balaban J connectivity index is 0.000000557. The van der Waals surface area contributed by atoms with Crippen molar-refractivity contribution in [2.75, 3.05) is 5.32 Å². The Bertz CT molecular complexity index is 1280. The van der Waals surface area contributed by atoms with Crippen LogP contribution in [0.4, 0.5) is 27.8 Å². The quantitative estimate of drug-likeness (QED) is 0.364. The summed E-state index contributed by atoms with van der Waals surface area (Å²) < 4.78 is 65.0. The van der Waals surface area contributed by atoms with E-state index in [1.165, 1.54) is 24.3 Å². The van der Waals surface area contributed by atoms with E-state index in [9.17, 15) is 36.3 Å². The van der Waals surface area contributed by atoms with Gasteiger partial charge in [0.2, 0.25) is 5.91 Å². The van der Waals surface area contributed by atoms with Gasteiger partial charge in [-0.3, -0.25) is 9.59 Å². The molecule has 3 aromatic rings. The van der Waals surface area contributed by atoms with Crippen molar-refractivity contribution >= 4 is 35.1 Å². The Morgan fingerprint density at radius 2 is 1.68 bits per heavy atom. The molecule has 0 aliphatic carbocycles. The smallest absolute Gasteiger partial charge is 0.661 e. The number of imidazole rings is 1. The Labute approximate surface area is 261 Å². The molecule has 1 aliphatic rings. The topological polar surface area (TPSA) is 117 Å². The van der Waals surface area contributed by atoms with E-state index in [-0.39, 0.29) is 87.9 Å². The number of nitrogens with one attached hydrogen (secondary N) is 3. The van der Waals surface area contributed by atoms with Gasteiger partial charge in [0, 0.05) is 10.6 Å². The second-order valence-electron chi connectivity index (χ2n) is 7.04. The third kappa shape index (κ3) is 9.13. The molecule has 0 unspecified atom stereocenters. The van der Waals surface area contributed by atoms with Gasteiger partial charge in [0.1, 0.15) is 24.1 Å². The van der Waals surface area contributed by atoms with Crippen LogP contribution in [0.15, 0.2) is 42.5 Å². The van der Waals surface area contributed by atoms with Gasteiger partial charge in [0.15, 0.2) is 11.6 Å². The summed E-state index contributed by atoms with van der Waals surface area (Å²) in [5.41, 5.74) is 5.41. The largest absolute Gasteiger partial charge is 1.00 e. The first-order chi connectivity index (χ1) is 17.3. The number of carbonyl (C=O) groups excluding carboxylic acids is 3. The number of rotatable bonds is 3. The van der Waals surface area contributed by atoms with E-state index in [2.05, 4.69) is 15.6 Å². The van der Waals surface area contributed by atoms with Crippen LogP contribution in [0.5, 0.6) is 0 Å². The molecule has 0 atom stereocenters. The van der Waals surface area contributed by atoms with Crippen molar-refractivity contribution in [2.45, 2.75) is 33.1 Å². The molecule has 8 nitrogen and oxygen atoms in total. The number of anilines is 1. The van der Waals surface area contributed by atoms with Crippen molar-refractivity contribution in [3.8, 4) is 0 Å². The molecule has 0 radical (unpaired) electrons. The summed E-state index contributed by atoms with van der Waals surface area (Å²) in [6.07, 6.45) is -4.85. The number of halogens is 6. The van der Waals surface area contributed by atoms with Gasteiger partial charge in [-0.1, -0.05) is 25.4 Å². The maximum Gasteiger partial charge on any atom is 1.00 e. The number of nitrogens with zero attached hydrogens (tertiary/aromatic N) is 2. The molecule has 4 rings (SSSR count). The fraction of sp³-hybridized carbons (Fsp3) is 0.217. The summed E-state index contributed by atoms with van der Waals surface area (Å²) in [5, 5.41) is 5.20. The van der Waals surface area contributed by atoms with Gasteiger partial charge >= 0.3 is 57.6 Å². The second kappa shape index (κ2) is 14.7. The van der Waals surface area contributed by atoms with Crippen LogP contribution in [0, 0.1) is 11.6 Å². The number of carbonyl (C=O) groups is 3. The minimum Gasteiger partial charge on any atom is -0.661 e. The van der Waals surface area contributed by atoms with Crippen molar-refractivity contribution in [3.05, 3.63) is 87.5 Å². The molecule has 3 amide bonds. The summed E-state index contributed by atoms with van der Waals surface area (Å²) in [6.45, 7) is 3.57. The van der Waals surface area contributed by atoms with Crippen LogP contribution in [-0.2, 0) is 24.1 Å². The van der Waals surface area contributed by atoms with Gasteiger partial charge in [-0.2, -0.15) is 13.2 Å². The molecule has 0 saturated heterocycles. The molecule has 1 aliphatic heterocycles. The first-order valence-corrected chi connectivity index (χ1v) is 10.9. The molecule has 0 saturated carbocycles. The Morgan fingerprint density at radius 3 is 2.21 bits per heavy atom. The second-order valence-corrected chi connectivity index (χ2v) is 7.48. The van der Waals surface area contributed by atoms with Crippen LogP contribution in [0.1, 0.15) is 46.1 Å². The average Bonchev–Trinajstić information content (AvgIpc) is 3.19. The molecule has 1 aromatic heterocycles. The van der Waals surface area contributed by atoms with E-state index in [4.69, 9.17) is 17.3 Å². The molecule has 3 N–H and O–H groups in total. The number of hydrogen-bond acceptors (Lipinski definition) is 4.